The zero-order valence-corrected chi connectivity index (χ0v) is 12.4. The quantitative estimate of drug-likeness (QED) is 0.911. The first-order valence-corrected chi connectivity index (χ1v) is 6.77. The van der Waals surface area contributed by atoms with Crippen molar-refractivity contribution in [1.82, 2.24) is 0 Å². The van der Waals surface area contributed by atoms with Gasteiger partial charge in [0, 0.05) is 11.3 Å². The number of aromatic carboxylic acids is 1. The highest BCUT2D eigenvalue weighted by Gasteiger charge is 2.09. The number of carboxylic acids is 1. The molecule has 114 valence electrons. The first-order valence-electron chi connectivity index (χ1n) is 6.77. The summed E-state index contributed by atoms with van der Waals surface area (Å²) >= 11 is 0. The maximum atomic E-state index is 11.9. The van der Waals surface area contributed by atoms with Crippen LogP contribution in [0.4, 0.5) is 5.69 Å². The molecule has 0 saturated heterocycles. The molecule has 0 aliphatic rings. The van der Waals surface area contributed by atoms with Gasteiger partial charge in [0.05, 0.1) is 5.97 Å². The van der Waals surface area contributed by atoms with E-state index in [0.29, 0.717) is 5.75 Å². The lowest BCUT2D eigenvalue weighted by molar-refractivity contribution is -0.254. The van der Waals surface area contributed by atoms with Crippen molar-refractivity contribution in [3.63, 3.8) is 0 Å². The highest BCUT2D eigenvalue weighted by atomic mass is 16.5. The molecule has 2 aromatic carbocycles. The van der Waals surface area contributed by atoms with Crippen LogP contribution in [0.5, 0.6) is 5.75 Å². The number of aryl methyl sites for hydroxylation is 2. The van der Waals surface area contributed by atoms with Gasteiger partial charge in [0.25, 0.3) is 5.91 Å². The molecule has 0 radical (unpaired) electrons. The molecule has 2 aromatic rings. The Morgan fingerprint density at radius 3 is 2.55 bits per heavy atom. The molecule has 5 nitrogen and oxygen atoms in total. The lowest BCUT2D eigenvalue weighted by Gasteiger charge is -2.13. The molecule has 0 aliphatic heterocycles. The highest BCUT2D eigenvalue weighted by Crippen LogP contribution is 2.18. The molecule has 0 unspecified atom stereocenters. The largest absolute Gasteiger partial charge is 0.545 e. The van der Waals surface area contributed by atoms with E-state index in [2.05, 4.69) is 5.32 Å². The molecule has 1 N–H and O–H groups in total. The molecule has 0 fully saturated rings. The van der Waals surface area contributed by atoms with E-state index in [1.165, 1.54) is 12.1 Å². The van der Waals surface area contributed by atoms with Crippen LogP contribution in [0.15, 0.2) is 42.5 Å². The standard InChI is InChI=1S/C17H17NO4/c1-11-7-8-14(13(9-11)17(20)21)18-16(19)10-22-15-6-4-3-5-12(15)2/h3-9H,10H2,1-2H3,(H,18,19)(H,20,21)/p-1. The fraction of sp³-hybridized carbons (Fsp3) is 0.176. The summed E-state index contributed by atoms with van der Waals surface area (Å²) in [5, 5.41) is 13.6. The number of para-hydroxylation sites is 1. The molecule has 0 spiro atoms. The van der Waals surface area contributed by atoms with Crippen molar-refractivity contribution in [2.45, 2.75) is 13.8 Å². The van der Waals surface area contributed by atoms with Gasteiger partial charge in [-0.15, -0.1) is 0 Å². The molecule has 0 heterocycles. The molecule has 1 amide bonds. The van der Waals surface area contributed by atoms with Gasteiger partial charge in [-0.1, -0.05) is 29.8 Å². The molecule has 0 aliphatic carbocycles. The predicted octanol–water partition coefficient (Wildman–Crippen LogP) is 1.68. The third kappa shape index (κ3) is 3.85. The number of ether oxygens (including phenoxy) is 1. The lowest BCUT2D eigenvalue weighted by atomic mass is 10.1. The second kappa shape index (κ2) is 6.76. The molecule has 2 rings (SSSR count). The average molecular weight is 298 g/mol. The Bertz CT molecular complexity index is 710. The van der Waals surface area contributed by atoms with Crippen molar-refractivity contribution >= 4 is 17.6 Å². The smallest absolute Gasteiger partial charge is 0.262 e. The van der Waals surface area contributed by atoms with Crippen molar-refractivity contribution in [2.75, 3.05) is 11.9 Å². The van der Waals surface area contributed by atoms with E-state index in [0.717, 1.165) is 11.1 Å². The molecule has 22 heavy (non-hydrogen) atoms. The summed E-state index contributed by atoms with van der Waals surface area (Å²) in [6.45, 7) is 3.44. The van der Waals surface area contributed by atoms with Gasteiger partial charge in [-0.25, -0.2) is 0 Å². The fourth-order valence-corrected chi connectivity index (χ4v) is 1.98. The summed E-state index contributed by atoms with van der Waals surface area (Å²) in [4.78, 5) is 23.0. The minimum absolute atomic E-state index is 0.0516. The number of nitrogens with one attached hydrogen (secondary N) is 1. The van der Waals surface area contributed by atoms with Gasteiger partial charge >= 0.3 is 0 Å². The molecule has 0 aromatic heterocycles. The Balaban J connectivity index is 2.04. The van der Waals surface area contributed by atoms with Crippen LogP contribution < -0.4 is 15.2 Å². The minimum atomic E-state index is -1.33. The molecule has 5 heteroatoms. The van der Waals surface area contributed by atoms with E-state index in [1.807, 2.05) is 25.1 Å². The number of rotatable bonds is 5. The van der Waals surface area contributed by atoms with E-state index in [4.69, 9.17) is 4.74 Å². The van der Waals surface area contributed by atoms with Gasteiger partial charge < -0.3 is 20.0 Å². The third-order valence-corrected chi connectivity index (χ3v) is 3.12. The SMILES string of the molecule is Cc1ccc(NC(=O)COc2ccccc2C)c(C(=O)[O-])c1. The monoisotopic (exact) mass is 298 g/mol. The number of carboxylic acid groups (broad SMARTS) is 1. The van der Waals surface area contributed by atoms with E-state index in [-0.39, 0.29) is 17.9 Å². The van der Waals surface area contributed by atoms with Crippen molar-refractivity contribution in [2.24, 2.45) is 0 Å². The fourth-order valence-electron chi connectivity index (χ4n) is 1.98. The number of amides is 1. The van der Waals surface area contributed by atoms with Crippen molar-refractivity contribution in [1.29, 1.82) is 0 Å². The zero-order chi connectivity index (χ0) is 16.1. The van der Waals surface area contributed by atoms with Crippen LogP contribution in [0.3, 0.4) is 0 Å². The van der Waals surface area contributed by atoms with Gasteiger partial charge in [0.15, 0.2) is 6.61 Å². The van der Waals surface area contributed by atoms with Crippen LogP contribution in [0, 0.1) is 13.8 Å². The Morgan fingerprint density at radius 2 is 1.86 bits per heavy atom. The summed E-state index contributed by atoms with van der Waals surface area (Å²) in [5.74, 6) is -1.16. The van der Waals surface area contributed by atoms with Crippen molar-refractivity contribution in [3.05, 3.63) is 59.2 Å². The second-order valence-corrected chi connectivity index (χ2v) is 4.94. The number of anilines is 1. The Kier molecular flexibility index (Phi) is 4.78. The summed E-state index contributed by atoms with van der Waals surface area (Å²) in [6.07, 6.45) is 0. The van der Waals surface area contributed by atoms with Gasteiger partial charge in [-0.2, -0.15) is 0 Å². The summed E-state index contributed by atoms with van der Waals surface area (Å²) in [5.41, 5.74) is 1.84. The molecular formula is C17H16NO4-. The second-order valence-electron chi connectivity index (χ2n) is 4.94. The van der Waals surface area contributed by atoms with Gasteiger partial charge in [0.2, 0.25) is 0 Å². The van der Waals surface area contributed by atoms with Crippen LogP contribution in [0.2, 0.25) is 0 Å². The summed E-state index contributed by atoms with van der Waals surface area (Å²) in [6, 6.07) is 12.0. The lowest BCUT2D eigenvalue weighted by Crippen LogP contribution is -2.26. The summed E-state index contributed by atoms with van der Waals surface area (Å²) < 4.78 is 5.42. The van der Waals surface area contributed by atoms with Crippen LogP contribution in [0.1, 0.15) is 21.5 Å². The summed E-state index contributed by atoms with van der Waals surface area (Å²) in [7, 11) is 0. The number of hydrogen-bond donors (Lipinski definition) is 1. The molecule has 0 bridgehead atoms. The van der Waals surface area contributed by atoms with E-state index < -0.39 is 11.9 Å². The van der Waals surface area contributed by atoms with Crippen LogP contribution in [-0.4, -0.2) is 18.5 Å². The minimum Gasteiger partial charge on any atom is -0.545 e. The van der Waals surface area contributed by atoms with Gasteiger partial charge in [0.1, 0.15) is 5.75 Å². The first-order chi connectivity index (χ1) is 10.5. The van der Waals surface area contributed by atoms with E-state index in [9.17, 15) is 14.7 Å². The molecule has 0 atom stereocenters. The third-order valence-electron chi connectivity index (χ3n) is 3.12. The van der Waals surface area contributed by atoms with Crippen molar-refractivity contribution in [3.8, 4) is 5.75 Å². The Hall–Kier alpha value is -2.82. The average Bonchev–Trinajstić information content (AvgIpc) is 2.48. The number of carbonyl (C=O) groups is 2. The predicted molar refractivity (Wildman–Crippen MR) is 80.8 cm³/mol. The number of carbonyl (C=O) groups excluding carboxylic acids is 2. The van der Waals surface area contributed by atoms with E-state index >= 15 is 0 Å². The zero-order valence-electron chi connectivity index (χ0n) is 12.4. The van der Waals surface area contributed by atoms with Crippen molar-refractivity contribution < 1.29 is 19.4 Å². The first kappa shape index (κ1) is 15.6. The van der Waals surface area contributed by atoms with Crippen LogP contribution in [0.25, 0.3) is 0 Å². The van der Waals surface area contributed by atoms with Crippen LogP contribution in [-0.2, 0) is 4.79 Å². The van der Waals surface area contributed by atoms with Gasteiger partial charge in [-0.3, -0.25) is 4.79 Å². The Morgan fingerprint density at radius 1 is 1.14 bits per heavy atom. The maximum absolute atomic E-state index is 11.9. The molecular weight excluding hydrogens is 282 g/mol. The molecule has 0 saturated carbocycles. The number of hydrogen-bond acceptors (Lipinski definition) is 4. The topological polar surface area (TPSA) is 78.5 Å². The van der Waals surface area contributed by atoms with Crippen LogP contribution >= 0.6 is 0 Å². The highest BCUT2D eigenvalue weighted by molar-refractivity contribution is 6.00. The number of benzene rings is 2. The van der Waals surface area contributed by atoms with Gasteiger partial charge in [-0.05, 0) is 37.6 Å². The van der Waals surface area contributed by atoms with E-state index in [1.54, 1.807) is 19.1 Å². The Labute approximate surface area is 128 Å². The normalized spacial score (nSPS) is 10.1. The maximum Gasteiger partial charge on any atom is 0.262 e.